The van der Waals surface area contributed by atoms with Crippen molar-refractivity contribution in [2.45, 2.75) is 20.4 Å². The quantitative estimate of drug-likeness (QED) is 0.541. The van der Waals surface area contributed by atoms with Crippen LogP contribution in [0.2, 0.25) is 5.02 Å². The van der Waals surface area contributed by atoms with Gasteiger partial charge in [-0.05, 0) is 23.6 Å². The molecule has 9 heteroatoms. The van der Waals surface area contributed by atoms with Crippen LogP contribution >= 0.6 is 11.6 Å². The Morgan fingerprint density at radius 2 is 1.78 bits per heavy atom. The second-order valence-electron chi connectivity index (χ2n) is 7.68. The number of H-pyrrole nitrogens is 1. The van der Waals surface area contributed by atoms with E-state index in [4.69, 9.17) is 22.1 Å². The summed E-state index contributed by atoms with van der Waals surface area (Å²) in [5.41, 5.74) is 5.63. The Labute approximate surface area is 190 Å². The van der Waals surface area contributed by atoms with E-state index in [1.165, 1.54) is 9.47 Å². The zero-order chi connectivity index (χ0) is 23.3. The van der Waals surface area contributed by atoms with Crippen LogP contribution in [0, 0.1) is 5.92 Å². The van der Waals surface area contributed by atoms with Gasteiger partial charge < -0.3 is 15.4 Å². The minimum Gasteiger partial charge on any atom is -0.482 e. The second-order valence-corrected chi connectivity index (χ2v) is 8.09. The molecule has 0 aliphatic rings. The lowest BCUT2D eigenvalue weighted by Gasteiger charge is -2.26. The molecule has 0 radical (unpaired) electrons. The van der Waals surface area contributed by atoms with E-state index in [0.717, 1.165) is 5.56 Å². The lowest BCUT2D eigenvalue weighted by molar-refractivity contribution is -0.120. The zero-order valence-corrected chi connectivity index (χ0v) is 18.6. The summed E-state index contributed by atoms with van der Waals surface area (Å²) in [6.07, 6.45) is 0. The van der Waals surface area contributed by atoms with Crippen molar-refractivity contribution < 1.29 is 9.53 Å². The Bertz CT molecular complexity index is 1200. The highest BCUT2D eigenvalue weighted by Crippen LogP contribution is 2.24. The molecule has 2 aromatic carbocycles. The standard InChI is InChI=1S/C23H25ClN4O4/c1-15(2)12-27(19(29)14-32-18-11-7-6-10-17(18)24)20-21(25)28(23(31)26-22(20)30)13-16-8-4-3-5-9-16/h3-11,15H,12-14,25H2,1-2H3,(H,26,30,31). The molecular formula is C23H25ClN4O4. The van der Waals surface area contributed by atoms with E-state index < -0.39 is 17.2 Å². The first-order valence-corrected chi connectivity index (χ1v) is 10.5. The third-order valence-electron chi connectivity index (χ3n) is 4.70. The van der Waals surface area contributed by atoms with Crippen LogP contribution < -0.4 is 26.6 Å². The fraction of sp³-hybridized carbons (Fsp3) is 0.261. The summed E-state index contributed by atoms with van der Waals surface area (Å²) >= 11 is 6.09. The average Bonchev–Trinajstić information content (AvgIpc) is 2.75. The molecule has 1 heterocycles. The van der Waals surface area contributed by atoms with Gasteiger partial charge in [0.25, 0.3) is 11.5 Å². The van der Waals surface area contributed by atoms with Crippen LogP contribution in [0.15, 0.2) is 64.2 Å². The number of anilines is 2. The number of nitrogens with one attached hydrogen (secondary N) is 1. The molecule has 0 bridgehead atoms. The SMILES string of the molecule is CC(C)CN(C(=O)COc1ccccc1Cl)c1c(N)n(Cc2ccccc2)c(=O)[nH]c1=O. The number of hydrogen-bond donors (Lipinski definition) is 2. The first-order chi connectivity index (χ1) is 15.3. The van der Waals surface area contributed by atoms with Gasteiger partial charge in [-0.25, -0.2) is 4.79 Å². The predicted molar refractivity (Wildman–Crippen MR) is 125 cm³/mol. The molecule has 0 saturated carbocycles. The smallest absolute Gasteiger partial charge is 0.330 e. The summed E-state index contributed by atoms with van der Waals surface area (Å²) in [6.45, 7) is 3.81. The minimum atomic E-state index is -0.733. The van der Waals surface area contributed by atoms with Crippen LogP contribution in [0.5, 0.6) is 5.75 Å². The monoisotopic (exact) mass is 456 g/mol. The Morgan fingerprint density at radius 1 is 1.12 bits per heavy atom. The van der Waals surface area contributed by atoms with Crippen molar-refractivity contribution in [3.05, 3.63) is 86.0 Å². The summed E-state index contributed by atoms with van der Waals surface area (Å²) in [7, 11) is 0. The van der Waals surface area contributed by atoms with Gasteiger partial charge in [-0.15, -0.1) is 0 Å². The van der Waals surface area contributed by atoms with Crippen molar-refractivity contribution in [3.63, 3.8) is 0 Å². The first kappa shape index (κ1) is 23.1. The van der Waals surface area contributed by atoms with Crippen molar-refractivity contribution in [2.75, 3.05) is 23.8 Å². The highest BCUT2D eigenvalue weighted by atomic mass is 35.5. The lowest BCUT2D eigenvalue weighted by atomic mass is 10.2. The summed E-state index contributed by atoms with van der Waals surface area (Å²) < 4.78 is 6.80. The third kappa shape index (κ3) is 5.39. The molecule has 3 rings (SSSR count). The number of halogens is 1. The number of carbonyl (C=O) groups is 1. The largest absolute Gasteiger partial charge is 0.482 e. The molecule has 32 heavy (non-hydrogen) atoms. The van der Waals surface area contributed by atoms with E-state index >= 15 is 0 Å². The highest BCUT2D eigenvalue weighted by molar-refractivity contribution is 6.32. The summed E-state index contributed by atoms with van der Waals surface area (Å²) in [4.78, 5) is 41.8. The van der Waals surface area contributed by atoms with E-state index in [2.05, 4.69) is 4.98 Å². The molecule has 168 valence electrons. The van der Waals surface area contributed by atoms with Gasteiger partial charge in [0.15, 0.2) is 12.3 Å². The topological polar surface area (TPSA) is 110 Å². The Morgan fingerprint density at radius 3 is 2.44 bits per heavy atom. The van der Waals surface area contributed by atoms with Crippen LogP contribution in [-0.4, -0.2) is 28.6 Å². The molecule has 1 amide bonds. The van der Waals surface area contributed by atoms with Gasteiger partial charge in [0.2, 0.25) is 0 Å². The van der Waals surface area contributed by atoms with Gasteiger partial charge in [-0.2, -0.15) is 0 Å². The molecule has 1 aromatic heterocycles. The number of nitrogens with two attached hydrogens (primary N) is 1. The molecule has 0 unspecified atom stereocenters. The maximum Gasteiger partial charge on any atom is 0.330 e. The maximum absolute atomic E-state index is 13.1. The number of aromatic nitrogens is 2. The molecule has 0 spiro atoms. The Kier molecular flexibility index (Phi) is 7.37. The van der Waals surface area contributed by atoms with Crippen molar-refractivity contribution in [3.8, 4) is 5.75 Å². The fourth-order valence-electron chi connectivity index (χ4n) is 3.22. The van der Waals surface area contributed by atoms with E-state index in [1.54, 1.807) is 24.3 Å². The van der Waals surface area contributed by atoms with Crippen LogP contribution in [0.25, 0.3) is 0 Å². The number of para-hydroxylation sites is 1. The Balaban J connectivity index is 1.96. The molecule has 0 saturated heterocycles. The Hall–Kier alpha value is -3.52. The van der Waals surface area contributed by atoms with Gasteiger partial charge in [0, 0.05) is 6.54 Å². The summed E-state index contributed by atoms with van der Waals surface area (Å²) in [6, 6.07) is 16.0. The molecule has 3 aromatic rings. The van der Waals surface area contributed by atoms with Crippen LogP contribution in [-0.2, 0) is 11.3 Å². The summed E-state index contributed by atoms with van der Waals surface area (Å²) in [5.74, 6) is -0.203. The van der Waals surface area contributed by atoms with Gasteiger partial charge in [0.1, 0.15) is 11.6 Å². The number of ether oxygens (including phenoxy) is 1. The first-order valence-electron chi connectivity index (χ1n) is 10.1. The van der Waals surface area contributed by atoms with E-state index in [-0.39, 0.29) is 37.1 Å². The molecule has 0 atom stereocenters. The number of nitrogen functional groups attached to an aromatic ring is 1. The van der Waals surface area contributed by atoms with Crippen molar-refractivity contribution in [2.24, 2.45) is 5.92 Å². The molecule has 0 aliphatic carbocycles. The molecule has 0 aliphatic heterocycles. The van der Waals surface area contributed by atoms with Crippen molar-refractivity contribution >= 4 is 29.0 Å². The van der Waals surface area contributed by atoms with E-state index in [1.807, 2.05) is 44.2 Å². The number of carbonyl (C=O) groups excluding carboxylic acids is 1. The van der Waals surface area contributed by atoms with E-state index in [0.29, 0.717) is 10.8 Å². The van der Waals surface area contributed by atoms with Crippen molar-refractivity contribution in [1.82, 2.24) is 9.55 Å². The third-order valence-corrected chi connectivity index (χ3v) is 5.02. The number of hydrogen-bond acceptors (Lipinski definition) is 5. The molecule has 0 fully saturated rings. The van der Waals surface area contributed by atoms with Crippen LogP contribution in [0.4, 0.5) is 11.5 Å². The highest BCUT2D eigenvalue weighted by Gasteiger charge is 2.25. The van der Waals surface area contributed by atoms with E-state index in [9.17, 15) is 14.4 Å². The normalized spacial score (nSPS) is 10.9. The summed E-state index contributed by atoms with van der Waals surface area (Å²) in [5, 5.41) is 0.365. The maximum atomic E-state index is 13.1. The van der Waals surface area contributed by atoms with Gasteiger partial charge in [-0.3, -0.25) is 19.1 Å². The zero-order valence-electron chi connectivity index (χ0n) is 17.9. The van der Waals surface area contributed by atoms with Gasteiger partial charge in [-0.1, -0.05) is 67.9 Å². The average molecular weight is 457 g/mol. The van der Waals surface area contributed by atoms with Crippen LogP contribution in [0.3, 0.4) is 0 Å². The second kappa shape index (κ2) is 10.2. The number of nitrogens with zero attached hydrogens (tertiary/aromatic N) is 2. The molecule has 3 N–H and O–H groups in total. The number of rotatable bonds is 8. The molecule has 8 nitrogen and oxygen atoms in total. The lowest BCUT2D eigenvalue weighted by Crippen LogP contribution is -2.44. The van der Waals surface area contributed by atoms with Gasteiger partial charge in [0.05, 0.1) is 11.6 Å². The van der Waals surface area contributed by atoms with Gasteiger partial charge >= 0.3 is 5.69 Å². The van der Waals surface area contributed by atoms with Crippen molar-refractivity contribution in [1.29, 1.82) is 0 Å². The number of aromatic amines is 1. The molecular weight excluding hydrogens is 432 g/mol. The minimum absolute atomic E-state index is 0.0209. The number of amides is 1. The number of benzene rings is 2. The predicted octanol–water partition coefficient (Wildman–Crippen LogP) is 2.89. The van der Waals surface area contributed by atoms with Crippen LogP contribution in [0.1, 0.15) is 19.4 Å². The fourth-order valence-corrected chi connectivity index (χ4v) is 3.41.